The molecule has 2 aromatic heterocycles. The number of amides is 1. The molecule has 1 aliphatic heterocycles. The zero-order chi connectivity index (χ0) is 32.8. The maximum atomic E-state index is 15.1. The number of ether oxygens (including phenoxy) is 4. The minimum Gasteiger partial charge on any atom is -0.493 e. The summed E-state index contributed by atoms with van der Waals surface area (Å²) in [4.78, 5) is 34.8. The first-order chi connectivity index (χ1) is 22.1. The number of aromatic nitrogens is 4. The number of morpholine rings is 1. The lowest BCUT2D eigenvalue weighted by molar-refractivity contribution is -0.329. The van der Waals surface area contributed by atoms with Crippen LogP contribution in [0.5, 0.6) is 23.0 Å². The van der Waals surface area contributed by atoms with Crippen LogP contribution in [0.3, 0.4) is 0 Å². The highest BCUT2D eigenvalue weighted by Gasteiger charge is 2.35. The minimum absolute atomic E-state index is 0.0760. The van der Waals surface area contributed by atoms with Crippen molar-refractivity contribution in [2.75, 3.05) is 51.9 Å². The topological polar surface area (TPSA) is 131 Å². The summed E-state index contributed by atoms with van der Waals surface area (Å²) < 4.78 is 76.3. The van der Waals surface area contributed by atoms with Crippen LogP contribution in [0.15, 0.2) is 47.4 Å². The SMILES string of the molecule is CCn1c(C(=O)Nc2ccc(Oc3ccnc4cc(OCCCN5CCOCC5)c(OC)cc34)c(F)c2)nn(OC(F)(F)F)c1=O. The van der Waals surface area contributed by atoms with Crippen LogP contribution in [-0.4, -0.2) is 83.2 Å². The van der Waals surface area contributed by atoms with Crippen LogP contribution in [0, 0.1) is 5.82 Å². The number of carbonyl (C=O) groups excluding carboxylic acids is 1. The number of anilines is 1. The lowest BCUT2D eigenvalue weighted by atomic mass is 10.1. The van der Waals surface area contributed by atoms with Gasteiger partial charge in [-0.2, -0.15) is 0 Å². The summed E-state index contributed by atoms with van der Waals surface area (Å²) in [5, 5.41) is 6.13. The van der Waals surface area contributed by atoms with Crippen molar-refractivity contribution in [3.8, 4) is 23.0 Å². The number of hydrogen-bond acceptors (Lipinski definition) is 10. The average molecular weight is 651 g/mol. The van der Waals surface area contributed by atoms with Gasteiger partial charge in [0, 0.05) is 55.6 Å². The van der Waals surface area contributed by atoms with E-state index in [1.54, 1.807) is 18.2 Å². The molecule has 0 atom stereocenters. The molecule has 1 N–H and O–H groups in total. The smallest absolute Gasteiger partial charge is 0.493 e. The summed E-state index contributed by atoms with van der Waals surface area (Å²) >= 11 is 0. The molecule has 1 aliphatic rings. The molecule has 5 rings (SSSR count). The molecular weight excluding hydrogens is 620 g/mol. The van der Waals surface area contributed by atoms with Crippen LogP contribution in [0.4, 0.5) is 23.2 Å². The van der Waals surface area contributed by atoms with Crippen LogP contribution in [0.1, 0.15) is 24.0 Å². The normalized spacial score (nSPS) is 13.9. The summed E-state index contributed by atoms with van der Waals surface area (Å²) in [6.07, 6.45) is -2.91. The molecule has 0 aliphatic carbocycles. The van der Waals surface area contributed by atoms with Gasteiger partial charge in [-0.25, -0.2) is 9.18 Å². The molecule has 0 radical (unpaired) electrons. The molecule has 0 bridgehead atoms. The number of nitrogens with one attached hydrogen (secondary N) is 1. The van der Waals surface area contributed by atoms with Crippen molar-refractivity contribution >= 4 is 22.5 Å². The zero-order valence-electron chi connectivity index (χ0n) is 24.8. The van der Waals surface area contributed by atoms with Gasteiger partial charge in [0.05, 0.1) is 32.4 Å². The van der Waals surface area contributed by atoms with Gasteiger partial charge in [0.15, 0.2) is 23.1 Å². The molecule has 13 nitrogen and oxygen atoms in total. The number of methoxy groups -OCH3 is 1. The summed E-state index contributed by atoms with van der Waals surface area (Å²) in [6, 6.07) is 8.43. The summed E-state index contributed by atoms with van der Waals surface area (Å²) in [7, 11) is 1.50. The fraction of sp³-hybridized carbons (Fsp3) is 0.379. The van der Waals surface area contributed by atoms with Crippen LogP contribution in [0.2, 0.25) is 0 Å². The number of halogens is 4. The summed E-state index contributed by atoms with van der Waals surface area (Å²) in [5.74, 6) is -1.60. The third-order valence-electron chi connectivity index (χ3n) is 6.92. The van der Waals surface area contributed by atoms with E-state index >= 15 is 4.39 Å². The molecule has 1 fully saturated rings. The second-order valence-corrected chi connectivity index (χ2v) is 9.95. The van der Waals surface area contributed by atoms with E-state index in [1.165, 1.54) is 32.4 Å². The number of fused-ring (bicyclic) bond motifs is 1. The molecule has 3 heterocycles. The van der Waals surface area contributed by atoms with Crippen molar-refractivity contribution in [3.05, 3.63) is 64.7 Å². The van der Waals surface area contributed by atoms with E-state index in [-0.39, 0.29) is 28.6 Å². The predicted molar refractivity (Wildman–Crippen MR) is 155 cm³/mol. The number of carbonyl (C=O) groups is 1. The molecule has 17 heteroatoms. The Morgan fingerprint density at radius 3 is 2.54 bits per heavy atom. The zero-order valence-corrected chi connectivity index (χ0v) is 24.8. The molecule has 0 unspecified atom stereocenters. The van der Waals surface area contributed by atoms with Crippen molar-refractivity contribution in [2.45, 2.75) is 26.3 Å². The van der Waals surface area contributed by atoms with Gasteiger partial charge in [0.2, 0.25) is 5.82 Å². The summed E-state index contributed by atoms with van der Waals surface area (Å²) in [6.45, 7) is 5.81. The molecule has 46 heavy (non-hydrogen) atoms. The fourth-order valence-electron chi connectivity index (χ4n) is 4.74. The third-order valence-corrected chi connectivity index (χ3v) is 6.92. The largest absolute Gasteiger partial charge is 0.593 e. The van der Waals surface area contributed by atoms with E-state index in [9.17, 15) is 22.8 Å². The first kappa shape index (κ1) is 32.5. The fourth-order valence-corrected chi connectivity index (χ4v) is 4.74. The van der Waals surface area contributed by atoms with Crippen molar-refractivity contribution in [1.29, 1.82) is 0 Å². The van der Waals surface area contributed by atoms with Gasteiger partial charge in [-0.15, -0.1) is 18.3 Å². The average Bonchev–Trinajstić information content (AvgIpc) is 3.34. The maximum absolute atomic E-state index is 15.1. The van der Waals surface area contributed by atoms with E-state index in [0.717, 1.165) is 45.3 Å². The van der Waals surface area contributed by atoms with Gasteiger partial charge in [0.25, 0.3) is 5.91 Å². The molecule has 0 spiro atoms. The van der Waals surface area contributed by atoms with Crippen LogP contribution >= 0.6 is 0 Å². The van der Waals surface area contributed by atoms with E-state index in [1.807, 2.05) is 0 Å². The molecule has 246 valence electrons. The van der Waals surface area contributed by atoms with Gasteiger partial charge in [-0.1, -0.05) is 0 Å². The number of alkyl halides is 3. The van der Waals surface area contributed by atoms with Gasteiger partial charge < -0.3 is 24.3 Å². The Balaban J connectivity index is 1.28. The Hall–Kier alpha value is -4.90. The van der Waals surface area contributed by atoms with Crippen LogP contribution in [0.25, 0.3) is 10.9 Å². The molecule has 1 saturated heterocycles. The maximum Gasteiger partial charge on any atom is 0.593 e. The number of benzene rings is 2. The predicted octanol–water partition coefficient (Wildman–Crippen LogP) is 3.85. The number of nitrogens with zero attached hydrogens (tertiary/aromatic N) is 5. The van der Waals surface area contributed by atoms with Crippen LogP contribution < -0.4 is 30.1 Å². The standard InChI is InChI=1S/C29H30F4N6O7/c1-3-38-26(36-39(28(38)41)46-29(31,32)33)27(40)35-18-5-6-23(20(30)15-18)45-22-7-8-34-21-17-25(24(42-2)16-19(21)22)44-12-4-9-37-10-13-43-14-11-37/h5-8,15-17H,3-4,9-14H2,1-2H3,(H,35,40). The van der Waals surface area contributed by atoms with Crippen LogP contribution in [-0.2, 0) is 11.3 Å². The Kier molecular flexibility index (Phi) is 9.91. The minimum atomic E-state index is -5.21. The van der Waals surface area contributed by atoms with E-state index < -0.39 is 29.6 Å². The number of pyridine rings is 1. The first-order valence-corrected chi connectivity index (χ1v) is 14.2. The van der Waals surface area contributed by atoms with Gasteiger partial charge in [-0.05, 0) is 42.5 Å². The molecule has 2 aromatic carbocycles. The Bertz CT molecular complexity index is 1750. The molecule has 1 amide bonds. The highest BCUT2D eigenvalue weighted by molar-refractivity contribution is 6.01. The lowest BCUT2D eigenvalue weighted by Crippen LogP contribution is -2.37. The lowest BCUT2D eigenvalue weighted by Gasteiger charge is -2.26. The van der Waals surface area contributed by atoms with Crippen molar-refractivity contribution in [2.24, 2.45) is 0 Å². The van der Waals surface area contributed by atoms with Crippen molar-refractivity contribution in [3.63, 3.8) is 0 Å². The molecule has 4 aromatic rings. The van der Waals surface area contributed by atoms with E-state index in [0.29, 0.717) is 33.6 Å². The quantitative estimate of drug-likeness (QED) is 0.178. The van der Waals surface area contributed by atoms with Crippen molar-refractivity contribution in [1.82, 2.24) is 24.4 Å². The van der Waals surface area contributed by atoms with Crippen molar-refractivity contribution < 1.29 is 46.1 Å². The first-order valence-electron chi connectivity index (χ1n) is 14.2. The highest BCUT2D eigenvalue weighted by Crippen LogP contribution is 2.38. The monoisotopic (exact) mass is 650 g/mol. The molecular formula is C29H30F4N6O7. The molecule has 0 saturated carbocycles. The highest BCUT2D eigenvalue weighted by atomic mass is 19.4. The second kappa shape index (κ2) is 14.0. The number of hydrogen-bond donors (Lipinski definition) is 1. The van der Waals surface area contributed by atoms with E-state index in [2.05, 4.69) is 25.1 Å². The van der Waals surface area contributed by atoms with E-state index in [4.69, 9.17) is 18.9 Å². The Morgan fingerprint density at radius 2 is 1.85 bits per heavy atom. The van der Waals surface area contributed by atoms with Gasteiger partial charge >= 0.3 is 12.1 Å². The van der Waals surface area contributed by atoms with Gasteiger partial charge in [-0.3, -0.25) is 24.1 Å². The Labute approximate surface area is 259 Å². The summed E-state index contributed by atoms with van der Waals surface area (Å²) in [5.41, 5.74) is -0.877. The second-order valence-electron chi connectivity index (χ2n) is 9.95. The Morgan fingerprint density at radius 1 is 1.07 bits per heavy atom. The van der Waals surface area contributed by atoms with Gasteiger partial charge in [0.1, 0.15) is 5.75 Å². The number of rotatable bonds is 12. The third kappa shape index (κ3) is 7.66.